The lowest BCUT2D eigenvalue weighted by atomic mass is 10.3. The predicted molar refractivity (Wildman–Crippen MR) is 51.3 cm³/mol. The first kappa shape index (κ1) is 11.0. The molecule has 0 bridgehead atoms. The lowest BCUT2D eigenvalue weighted by Crippen LogP contribution is -2.26. The maximum Gasteiger partial charge on any atom is 0.421 e. The van der Waals surface area contributed by atoms with E-state index in [0.717, 1.165) is 18.9 Å². The number of halogens is 3. The van der Waals surface area contributed by atoms with Gasteiger partial charge in [0.05, 0.1) is 0 Å². The summed E-state index contributed by atoms with van der Waals surface area (Å²) in [7, 11) is 0. The summed E-state index contributed by atoms with van der Waals surface area (Å²) in [4.78, 5) is 12.7. The van der Waals surface area contributed by atoms with Crippen molar-refractivity contribution < 1.29 is 13.2 Å². The number of nitrogens with zero attached hydrogens (tertiary/aromatic N) is 2. The van der Waals surface area contributed by atoms with Gasteiger partial charge in [-0.25, -0.2) is 5.10 Å². The zero-order chi connectivity index (χ0) is 11.8. The van der Waals surface area contributed by atoms with Crippen molar-refractivity contribution in [2.45, 2.75) is 19.0 Å². The summed E-state index contributed by atoms with van der Waals surface area (Å²) in [5, 5.41) is 5.51. The van der Waals surface area contributed by atoms with Crippen LogP contribution in [-0.4, -0.2) is 23.3 Å². The van der Waals surface area contributed by atoms with E-state index in [9.17, 15) is 18.0 Å². The van der Waals surface area contributed by atoms with Gasteiger partial charge < -0.3 is 4.90 Å². The number of aromatic amines is 1. The Hall–Kier alpha value is -1.53. The van der Waals surface area contributed by atoms with Crippen molar-refractivity contribution in [3.63, 3.8) is 0 Å². The van der Waals surface area contributed by atoms with Crippen LogP contribution in [0.4, 0.5) is 19.0 Å². The molecule has 1 saturated heterocycles. The van der Waals surface area contributed by atoms with Crippen molar-refractivity contribution in [1.82, 2.24) is 10.2 Å². The van der Waals surface area contributed by atoms with E-state index in [1.807, 2.05) is 5.10 Å². The van der Waals surface area contributed by atoms with Crippen LogP contribution in [0.2, 0.25) is 0 Å². The lowest BCUT2D eigenvalue weighted by molar-refractivity contribution is -0.138. The Bertz CT molecular complexity index is 434. The number of alkyl halides is 3. The second-order valence-corrected chi connectivity index (χ2v) is 3.66. The number of H-pyrrole nitrogens is 1. The summed E-state index contributed by atoms with van der Waals surface area (Å²) in [6, 6.07) is 0.810. The van der Waals surface area contributed by atoms with Crippen molar-refractivity contribution in [2.24, 2.45) is 0 Å². The lowest BCUT2D eigenvalue weighted by Gasteiger charge is -2.16. The first-order valence-electron chi connectivity index (χ1n) is 4.90. The Labute approximate surface area is 89.1 Å². The molecule has 4 nitrogen and oxygen atoms in total. The summed E-state index contributed by atoms with van der Waals surface area (Å²) < 4.78 is 37.3. The van der Waals surface area contributed by atoms with Gasteiger partial charge in [0.25, 0.3) is 5.56 Å². The Balaban J connectivity index is 2.39. The Kier molecular flexibility index (Phi) is 2.61. The molecular formula is C9H10F3N3O. The minimum Gasteiger partial charge on any atom is -0.355 e. The molecule has 0 atom stereocenters. The first-order valence-corrected chi connectivity index (χ1v) is 4.90. The van der Waals surface area contributed by atoms with Gasteiger partial charge in [-0.15, -0.1) is 0 Å². The summed E-state index contributed by atoms with van der Waals surface area (Å²) in [6.07, 6.45) is -2.77. The van der Waals surface area contributed by atoms with Gasteiger partial charge in [-0.3, -0.25) is 4.79 Å². The molecule has 1 aliphatic rings. The third-order valence-electron chi connectivity index (χ3n) is 2.53. The second kappa shape index (κ2) is 3.80. The van der Waals surface area contributed by atoms with Crippen molar-refractivity contribution in [2.75, 3.05) is 18.0 Å². The minimum atomic E-state index is -4.63. The van der Waals surface area contributed by atoms with Gasteiger partial charge in [-0.05, 0) is 12.8 Å². The van der Waals surface area contributed by atoms with Crippen molar-refractivity contribution in [3.8, 4) is 0 Å². The minimum absolute atomic E-state index is 0.185. The fourth-order valence-electron chi connectivity index (χ4n) is 1.71. The molecule has 2 rings (SSSR count). The molecule has 7 heteroatoms. The molecule has 1 aliphatic heterocycles. The van der Waals surface area contributed by atoms with Gasteiger partial charge in [0.15, 0.2) is 0 Å². The molecule has 0 aromatic carbocycles. The van der Waals surface area contributed by atoms with Crippen LogP contribution in [0, 0.1) is 0 Å². The molecule has 1 aromatic heterocycles. The van der Waals surface area contributed by atoms with Gasteiger partial charge in [0.1, 0.15) is 11.4 Å². The highest BCUT2D eigenvalue weighted by Crippen LogP contribution is 2.28. The molecule has 88 valence electrons. The van der Waals surface area contributed by atoms with Gasteiger partial charge in [0.2, 0.25) is 0 Å². The van der Waals surface area contributed by atoms with Gasteiger partial charge >= 0.3 is 6.18 Å². The van der Waals surface area contributed by atoms with Gasteiger partial charge in [-0.2, -0.15) is 18.3 Å². The van der Waals surface area contributed by atoms with Crippen LogP contribution in [-0.2, 0) is 6.18 Å². The van der Waals surface area contributed by atoms with Crippen molar-refractivity contribution in [3.05, 3.63) is 22.0 Å². The Morgan fingerprint density at radius 2 is 1.94 bits per heavy atom. The summed E-state index contributed by atoms with van der Waals surface area (Å²) in [5.74, 6) is 0.185. The quantitative estimate of drug-likeness (QED) is 0.797. The van der Waals surface area contributed by atoms with Gasteiger partial charge in [-0.1, -0.05) is 0 Å². The van der Waals surface area contributed by atoms with Crippen LogP contribution in [0.5, 0.6) is 0 Å². The average Bonchev–Trinajstić information content (AvgIpc) is 2.69. The van der Waals surface area contributed by atoms with Crippen LogP contribution in [0.1, 0.15) is 18.4 Å². The second-order valence-electron chi connectivity index (χ2n) is 3.66. The molecule has 1 N–H and O–H groups in total. The SMILES string of the molecule is O=c1[nH]nc(N2CCCC2)cc1C(F)(F)F. The molecule has 0 aliphatic carbocycles. The van der Waals surface area contributed by atoms with E-state index in [1.165, 1.54) is 0 Å². The third-order valence-corrected chi connectivity index (χ3v) is 2.53. The highest BCUT2D eigenvalue weighted by atomic mass is 19.4. The van der Waals surface area contributed by atoms with Crippen molar-refractivity contribution in [1.29, 1.82) is 0 Å². The predicted octanol–water partition coefficient (Wildman–Crippen LogP) is 1.39. The van der Waals surface area contributed by atoms with Crippen LogP contribution >= 0.6 is 0 Å². The molecule has 0 spiro atoms. The smallest absolute Gasteiger partial charge is 0.355 e. The van der Waals surface area contributed by atoms with E-state index in [2.05, 4.69) is 5.10 Å². The fraction of sp³-hybridized carbons (Fsp3) is 0.556. The van der Waals surface area contributed by atoms with Crippen LogP contribution in [0.15, 0.2) is 10.9 Å². The Morgan fingerprint density at radius 1 is 1.31 bits per heavy atom. The topological polar surface area (TPSA) is 49.0 Å². The first-order chi connectivity index (χ1) is 7.48. The van der Waals surface area contributed by atoms with E-state index in [0.29, 0.717) is 13.1 Å². The van der Waals surface area contributed by atoms with Crippen LogP contribution in [0.25, 0.3) is 0 Å². The molecule has 0 amide bonds. The molecule has 0 radical (unpaired) electrons. The molecular weight excluding hydrogens is 223 g/mol. The monoisotopic (exact) mass is 233 g/mol. The molecule has 2 heterocycles. The maximum absolute atomic E-state index is 12.4. The molecule has 1 aromatic rings. The number of aromatic nitrogens is 2. The summed E-state index contributed by atoms with van der Waals surface area (Å²) in [6.45, 7) is 1.35. The normalized spacial score (nSPS) is 16.8. The number of hydrogen-bond donors (Lipinski definition) is 1. The van der Waals surface area contributed by atoms with Gasteiger partial charge in [0, 0.05) is 19.2 Å². The number of hydrogen-bond acceptors (Lipinski definition) is 3. The molecule has 1 fully saturated rings. The van der Waals surface area contributed by atoms with E-state index in [4.69, 9.17) is 0 Å². The Morgan fingerprint density at radius 3 is 2.50 bits per heavy atom. The fourth-order valence-corrected chi connectivity index (χ4v) is 1.71. The highest BCUT2D eigenvalue weighted by Gasteiger charge is 2.35. The van der Waals surface area contributed by atoms with Crippen LogP contribution < -0.4 is 10.5 Å². The van der Waals surface area contributed by atoms with Crippen LogP contribution in [0.3, 0.4) is 0 Å². The largest absolute Gasteiger partial charge is 0.421 e. The van der Waals surface area contributed by atoms with E-state index in [1.54, 1.807) is 4.90 Å². The number of nitrogens with one attached hydrogen (secondary N) is 1. The summed E-state index contributed by atoms with van der Waals surface area (Å²) in [5.41, 5.74) is -2.39. The zero-order valence-corrected chi connectivity index (χ0v) is 8.34. The summed E-state index contributed by atoms with van der Waals surface area (Å²) >= 11 is 0. The molecule has 0 unspecified atom stereocenters. The maximum atomic E-state index is 12.4. The number of anilines is 1. The zero-order valence-electron chi connectivity index (χ0n) is 8.34. The third kappa shape index (κ3) is 2.02. The van der Waals surface area contributed by atoms with E-state index >= 15 is 0 Å². The van der Waals surface area contributed by atoms with Crippen molar-refractivity contribution >= 4 is 5.82 Å². The average molecular weight is 233 g/mol. The molecule has 0 saturated carbocycles. The number of rotatable bonds is 1. The highest BCUT2D eigenvalue weighted by molar-refractivity contribution is 5.40. The molecule has 16 heavy (non-hydrogen) atoms. The van der Waals surface area contributed by atoms with E-state index in [-0.39, 0.29) is 5.82 Å². The standard InChI is InChI=1S/C9H10F3N3O/c10-9(11,12)6-5-7(13-14-8(6)16)15-3-1-2-4-15/h5H,1-4H2,(H,14,16). The van der Waals surface area contributed by atoms with E-state index < -0.39 is 17.3 Å².